The summed E-state index contributed by atoms with van der Waals surface area (Å²) in [5.41, 5.74) is 1.44. The van der Waals surface area contributed by atoms with Gasteiger partial charge in [-0.15, -0.1) is 11.3 Å². The minimum atomic E-state index is -0.395. The Bertz CT molecular complexity index is 1070. The van der Waals surface area contributed by atoms with Crippen LogP contribution in [0.1, 0.15) is 104 Å². The average Bonchev–Trinajstić information content (AvgIpc) is 3.48. The zero-order valence-corrected chi connectivity index (χ0v) is 24.2. The third-order valence-electron chi connectivity index (χ3n) is 12.9. The van der Waals surface area contributed by atoms with Crippen LogP contribution in [0.5, 0.6) is 0 Å². The molecule has 5 unspecified atom stereocenters. The van der Waals surface area contributed by atoms with Crippen LogP contribution < -0.4 is 0 Å². The Labute approximate surface area is 223 Å². The van der Waals surface area contributed by atoms with Gasteiger partial charge in [0.05, 0.1) is 11.1 Å². The monoisotopic (exact) mass is 506 g/mol. The van der Waals surface area contributed by atoms with E-state index in [0.29, 0.717) is 30.1 Å². The molecule has 0 N–H and O–H groups in total. The maximum atomic E-state index is 12.2. The van der Waals surface area contributed by atoms with Gasteiger partial charge >= 0.3 is 0 Å². The Kier molecular flexibility index (Phi) is 6.19. The van der Waals surface area contributed by atoms with Crippen molar-refractivity contribution in [3.63, 3.8) is 0 Å². The van der Waals surface area contributed by atoms with Gasteiger partial charge < -0.3 is 4.79 Å². The van der Waals surface area contributed by atoms with E-state index in [4.69, 9.17) is 4.98 Å². The molecule has 196 valence electrons. The number of thiazole rings is 1. The van der Waals surface area contributed by atoms with Crippen molar-refractivity contribution in [3.8, 4) is 6.07 Å². The zero-order chi connectivity index (χ0) is 26.1. The summed E-state index contributed by atoms with van der Waals surface area (Å²) in [5, 5.41) is 13.6. The Morgan fingerprint density at radius 1 is 1.17 bits per heavy atom. The first-order valence-corrected chi connectivity index (χ1v) is 15.2. The fraction of sp³-hybridized carbons (Fsp3) is 0.781. The summed E-state index contributed by atoms with van der Waals surface area (Å²) in [6.45, 7) is 18.6. The molecule has 4 fully saturated rings. The van der Waals surface area contributed by atoms with E-state index in [-0.39, 0.29) is 27.6 Å². The molecule has 0 aliphatic heterocycles. The maximum absolute atomic E-state index is 12.2. The lowest BCUT2D eigenvalue weighted by atomic mass is 9.33. The van der Waals surface area contributed by atoms with Crippen LogP contribution in [0, 0.1) is 62.6 Å². The predicted octanol–water partition coefficient (Wildman–Crippen LogP) is 8.37. The van der Waals surface area contributed by atoms with Crippen LogP contribution in [0.2, 0.25) is 0 Å². The number of carbonyl (C=O) groups is 1. The molecule has 4 saturated carbocycles. The van der Waals surface area contributed by atoms with Crippen LogP contribution in [0.3, 0.4) is 0 Å². The molecule has 1 heterocycles. The number of hydrogen-bond donors (Lipinski definition) is 0. The highest BCUT2D eigenvalue weighted by molar-refractivity contribution is 7.09. The van der Waals surface area contributed by atoms with Crippen molar-refractivity contribution in [1.29, 1.82) is 5.26 Å². The first kappa shape index (κ1) is 26.1. The van der Waals surface area contributed by atoms with Crippen molar-refractivity contribution in [3.05, 3.63) is 28.7 Å². The van der Waals surface area contributed by atoms with Crippen LogP contribution in [0.25, 0.3) is 0 Å². The summed E-state index contributed by atoms with van der Waals surface area (Å²) in [6.07, 6.45) is 13.3. The van der Waals surface area contributed by atoms with Gasteiger partial charge in [-0.1, -0.05) is 46.8 Å². The molecule has 36 heavy (non-hydrogen) atoms. The second-order valence-corrected chi connectivity index (χ2v) is 15.3. The summed E-state index contributed by atoms with van der Waals surface area (Å²) in [4.78, 5) is 17.2. The molecule has 4 heteroatoms. The van der Waals surface area contributed by atoms with Gasteiger partial charge in [0.15, 0.2) is 0 Å². The summed E-state index contributed by atoms with van der Waals surface area (Å²) >= 11 is 1.87. The molecule has 0 bridgehead atoms. The average molecular weight is 507 g/mol. The number of fused-ring (bicyclic) bond motifs is 5. The van der Waals surface area contributed by atoms with E-state index >= 15 is 0 Å². The number of carbonyl (C=O) groups excluding carboxylic acids is 1. The number of hydrogen-bond acceptors (Lipinski definition) is 4. The van der Waals surface area contributed by atoms with Gasteiger partial charge in [0.2, 0.25) is 0 Å². The molecule has 0 spiro atoms. The fourth-order valence-corrected chi connectivity index (χ4v) is 12.0. The highest BCUT2D eigenvalue weighted by atomic mass is 32.1. The van der Waals surface area contributed by atoms with Gasteiger partial charge in [0.25, 0.3) is 0 Å². The SMILES string of the molecule is C=C(C)[C@@H]1CCC2(c3nccs3)CC[C@]3(C)C(CCC4[C@@](C)(CC#N)C(C(C)(C)C=O)CC[C@]43C)C12. The van der Waals surface area contributed by atoms with Gasteiger partial charge in [0.1, 0.15) is 6.29 Å². The van der Waals surface area contributed by atoms with Crippen molar-refractivity contribution in [2.45, 2.75) is 105 Å². The molecule has 1 aromatic heterocycles. The van der Waals surface area contributed by atoms with E-state index in [0.717, 1.165) is 6.42 Å². The zero-order valence-electron chi connectivity index (χ0n) is 23.4. The second-order valence-electron chi connectivity index (χ2n) is 14.5. The van der Waals surface area contributed by atoms with Crippen LogP contribution in [0.15, 0.2) is 23.7 Å². The number of aldehydes is 1. The van der Waals surface area contributed by atoms with E-state index in [9.17, 15) is 10.1 Å². The predicted molar refractivity (Wildman–Crippen MR) is 147 cm³/mol. The summed E-state index contributed by atoms with van der Waals surface area (Å²) in [7, 11) is 0. The lowest BCUT2D eigenvalue weighted by Gasteiger charge is -2.71. The standard InChI is InChI=1S/C32H46N2OS/c1-21(2)22-10-13-32(27-34-18-19-36-27)15-14-30(6)23(26(22)32)8-9-25-29(5,16-17-33)24(28(3,4)20-35)11-12-31(25,30)7/h18-20,22-26H,1,8-16H2,2-7H3/t22-,23?,24?,25?,26?,29-,30+,31+,32?/m0/s1. The topological polar surface area (TPSA) is 53.8 Å². The number of nitrogens with zero attached hydrogens (tertiary/aromatic N) is 2. The highest BCUT2D eigenvalue weighted by Crippen LogP contribution is 2.76. The first-order chi connectivity index (χ1) is 16.9. The Morgan fingerprint density at radius 3 is 2.53 bits per heavy atom. The normalized spacial score (nSPS) is 46.2. The van der Waals surface area contributed by atoms with Crippen molar-refractivity contribution in [2.75, 3.05) is 0 Å². The number of allylic oxidation sites excluding steroid dienone is 1. The van der Waals surface area contributed by atoms with Gasteiger partial charge in [-0.25, -0.2) is 4.98 Å². The number of aromatic nitrogens is 1. The minimum absolute atomic E-state index is 0.132. The summed E-state index contributed by atoms with van der Waals surface area (Å²) < 4.78 is 0. The maximum Gasteiger partial charge on any atom is 0.125 e. The van der Waals surface area contributed by atoms with E-state index in [1.807, 2.05) is 17.5 Å². The summed E-state index contributed by atoms with van der Waals surface area (Å²) in [5.74, 6) is 2.58. The van der Waals surface area contributed by atoms with Gasteiger partial charge in [-0.05, 0) is 104 Å². The smallest absolute Gasteiger partial charge is 0.125 e. The fourth-order valence-electron chi connectivity index (χ4n) is 11.1. The van der Waals surface area contributed by atoms with Crippen molar-refractivity contribution in [1.82, 2.24) is 4.98 Å². The molecule has 0 aromatic carbocycles. The molecule has 5 rings (SSSR count). The molecule has 0 saturated heterocycles. The first-order valence-electron chi connectivity index (χ1n) is 14.3. The number of rotatable bonds is 5. The van der Waals surface area contributed by atoms with Gasteiger partial charge in [-0.3, -0.25) is 0 Å². The van der Waals surface area contributed by atoms with E-state index < -0.39 is 5.41 Å². The van der Waals surface area contributed by atoms with E-state index in [1.165, 1.54) is 61.8 Å². The van der Waals surface area contributed by atoms with Crippen molar-refractivity contribution < 1.29 is 4.79 Å². The van der Waals surface area contributed by atoms with Gasteiger partial charge in [0, 0.05) is 28.8 Å². The quantitative estimate of drug-likeness (QED) is 0.298. The molecule has 4 aliphatic carbocycles. The van der Waals surface area contributed by atoms with Crippen molar-refractivity contribution >= 4 is 17.6 Å². The molecule has 1 aromatic rings. The summed E-state index contributed by atoms with van der Waals surface area (Å²) in [6, 6.07) is 2.59. The third kappa shape index (κ3) is 3.26. The molecule has 3 nitrogen and oxygen atoms in total. The molecule has 0 radical (unpaired) electrons. The lowest BCUT2D eigenvalue weighted by molar-refractivity contribution is -0.218. The van der Waals surface area contributed by atoms with E-state index in [1.54, 1.807) is 0 Å². The van der Waals surface area contributed by atoms with Crippen LogP contribution in [-0.4, -0.2) is 11.3 Å². The third-order valence-corrected chi connectivity index (χ3v) is 13.8. The Hall–Kier alpha value is -1.47. The Balaban J connectivity index is 1.60. The van der Waals surface area contributed by atoms with Gasteiger partial charge in [-0.2, -0.15) is 5.26 Å². The molecular weight excluding hydrogens is 460 g/mol. The lowest BCUT2D eigenvalue weighted by Crippen LogP contribution is -2.65. The van der Waals surface area contributed by atoms with E-state index in [2.05, 4.69) is 59.6 Å². The molecular formula is C32H46N2OS. The minimum Gasteiger partial charge on any atom is -0.303 e. The number of nitriles is 1. The van der Waals surface area contributed by atoms with Crippen molar-refractivity contribution in [2.24, 2.45) is 51.2 Å². The Morgan fingerprint density at radius 2 is 1.92 bits per heavy atom. The van der Waals surface area contributed by atoms with Crippen LogP contribution >= 0.6 is 11.3 Å². The largest absolute Gasteiger partial charge is 0.303 e. The van der Waals surface area contributed by atoms with Crippen LogP contribution in [-0.2, 0) is 10.2 Å². The molecule has 0 amide bonds. The molecule has 9 atom stereocenters. The highest BCUT2D eigenvalue weighted by Gasteiger charge is 2.70. The van der Waals surface area contributed by atoms with Crippen LogP contribution in [0.4, 0.5) is 0 Å². The molecule has 4 aliphatic rings. The second kappa shape index (κ2) is 8.52.